The number of methoxy groups -OCH3 is 1. The summed E-state index contributed by atoms with van der Waals surface area (Å²) in [5.41, 5.74) is 2.02. The van der Waals surface area contributed by atoms with Crippen molar-refractivity contribution in [3.05, 3.63) is 70.2 Å². The first-order chi connectivity index (χ1) is 16.0. The normalized spacial score (nSPS) is 14.5. The summed E-state index contributed by atoms with van der Waals surface area (Å²) in [5.74, 6) is 2.11. The lowest BCUT2D eigenvalue weighted by atomic mass is 10.1. The van der Waals surface area contributed by atoms with Crippen LogP contribution in [0.25, 0.3) is 11.3 Å². The third kappa shape index (κ3) is 6.28. The summed E-state index contributed by atoms with van der Waals surface area (Å²) in [6, 6.07) is 13.4. The molecular formula is C25H27Cl2N3O3. The molecule has 1 fully saturated rings. The summed E-state index contributed by atoms with van der Waals surface area (Å²) in [5, 5.41) is 1.07. The predicted molar refractivity (Wildman–Crippen MR) is 130 cm³/mol. The number of aromatic nitrogens is 1. The highest BCUT2D eigenvalue weighted by Gasteiger charge is 2.21. The van der Waals surface area contributed by atoms with Gasteiger partial charge < -0.3 is 14.1 Å². The van der Waals surface area contributed by atoms with Crippen LogP contribution in [-0.4, -0.2) is 60.5 Å². The van der Waals surface area contributed by atoms with E-state index >= 15 is 0 Å². The minimum Gasteiger partial charge on any atom is -0.497 e. The van der Waals surface area contributed by atoms with E-state index in [1.54, 1.807) is 31.5 Å². The second-order valence-corrected chi connectivity index (χ2v) is 8.91. The highest BCUT2D eigenvalue weighted by molar-refractivity contribution is 6.36. The van der Waals surface area contributed by atoms with Crippen LogP contribution in [0.3, 0.4) is 0 Å². The molecule has 0 bridgehead atoms. The monoisotopic (exact) mass is 487 g/mol. The van der Waals surface area contributed by atoms with Gasteiger partial charge in [0.25, 0.3) is 0 Å². The van der Waals surface area contributed by atoms with Gasteiger partial charge in [0.15, 0.2) is 11.7 Å². The van der Waals surface area contributed by atoms with Gasteiger partial charge in [-0.2, -0.15) is 0 Å². The van der Waals surface area contributed by atoms with Crippen LogP contribution in [0, 0.1) is 0 Å². The molecule has 4 rings (SSSR count). The Hall–Kier alpha value is -2.54. The molecule has 2 heterocycles. The van der Waals surface area contributed by atoms with E-state index in [0.717, 1.165) is 50.5 Å². The van der Waals surface area contributed by atoms with Gasteiger partial charge in [0.05, 0.1) is 18.3 Å². The number of carbonyl (C=O) groups excluding carboxylic acids is 1. The van der Waals surface area contributed by atoms with Gasteiger partial charge in [-0.25, -0.2) is 4.98 Å². The molecule has 33 heavy (non-hydrogen) atoms. The molecule has 0 saturated carbocycles. The number of amides is 1. The molecule has 1 aliphatic rings. The number of hydrogen-bond donors (Lipinski definition) is 0. The minimum atomic E-state index is 0.133. The lowest BCUT2D eigenvalue weighted by Crippen LogP contribution is -2.49. The summed E-state index contributed by atoms with van der Waals surface area (Å²) < 4.78 is 11.0. The maximum atomic E-state index is 12.7. The Balaban J connectivity index is 1.20. The van der Waals surface area contributed by atoms with Crippen molar-refractivity contribution in [3.8, 4) is 17.1 Å². The topological polar surface area (TPSA) is 58.8 Å². The highest BCUT2D eigenvalue weighted by Crippen LogP contribution is 2.30. The average molecular weight is 488 g/mol. The summed E-state index contributed by atoms with van der Waals surface area (Å²) in [6.07, 6.45) is 3.46. The Kier molecular flexibility index (Phi) is 7.91. The average Bonchev–Trinajstić information content (AvgIpc) is 3.30. The molecule has 8 heteroatoms. The van der Waals surface area contributed by atoms with E-state index in [1.165, 1.54) is 5.56 Å². The molecule has 1 aromatic heterocycles. The van der Waals surface area contributed by atoms with E-state index < -0.39 is 0 Å². The van der Waals surface area contributed by atoms with Gasteiger partial charge in [-0.3, -0.25) is 9.69 Å². The van der Waals surface area contributed by atoms with Crippen LogP contribution in [-0.2, 0) is 17.6 Å². The quantitative estimate of drug-likeness (QED) is 0.448. The third-order valence-corrected chi connectivity index (χ3v) is 6.45. The van der Waals surface area contributed by atoms with Crippen LogP contribution < -0.4 is 4.74 Å². The Bertz CT molecular complexity index is 1080. The molecule has 6 nitrogen and oxygen atoms in total. The second-order valence-electron chi connectivity index (χ2n) is 8.06. The first kappa shape index (κ1) is 23.6. The fourth-order valence-electron chi connectivity index (χ4n) is 3.91. The molecule has 3 aromatic rings. The van der Waals surface area contributed by atoms with Crippen LogP contribution in [0.15, 0.2) is 53.1 Å². The fourth-order valence-corrected chi connectivity index (χ4v) is 4.41. The number of carbonyl (C=O) groups is 1. The number of benzene rings is 2. The van der Waals surface area contributed by atoms with Crippen LogP contribution in [0.1, 0.15) is 17.9 Å². The molecule has 0 N–H and O–H groups in total. The molecule has 1 aliphatic heterocycles. The second kappa shape index (κ2) is 11.1. The standard InChI is InChI=1S/C25H27Cl2N3O3/c1-32-20-5-2-18(3-6-20)10-11-29-12-14-30(15-13-29)25(31)9-8-24-28-17-23(33-24)21-7-4-19(26)16-22(21)27/h2-7,16-17H,8-15H2,1H3. The Morgan fingerprint density at radius 3 is 2.52 bits per heavy atom. The number of hydrogen-bond acceptors (Lipinski definition) is 5. The number of rotatable bonds is 8. The Morgan fingerprint density at radius 1 is 1.06 bits per heavy atom. The maximum absolute atomic E-state index is 12.7. The zero-order chi connectivity index (χ0) is 23.2. The number of halogens is 2. The lowest BCUT2D eigenvalue weighted by Gasteiger charge is -2.34. The first-order valence-electron chi connectivity index (χ1n) is 11.0. The molecule has 1 saturated heterocycles. The maximum Gasteiger partial charge on any atom is 0.223 e. The third-order valence-electron chi connectivity index (χ3n) is 5.90. The summed E-state index contributed by atoms with van der Waals surface area (Å²) >= 11 is 12.2. The predicted octanol–water partition coefficient (Wildman–Crippen LogP) is 4.98. The van der Waals surface area contributed by atoms with Gasteiger partial charge in [0, 0.05) is 56.2 Å². The van der Waals surface area contributed by atoms with Crippen LogP contribution in [0.4, 0.5) is 0 Å². The minimum absolute atomic E-state index is 0.133. The number of aryl methyl sites for hydroxylation is 1. The smallest absolute Gasteiger partial charge is 0.223 e. The number of piperazine rings is 1. The molecule has 174 valence electrons. The van der Waals surface area contributed by atoms with Crippen molar-refractivity contribution in [2.24, 2.45) is 0 Å². The van der Waals surface area contributed by atoms with Gasteiger partial charge in [-0.05, 0) is 42.3 Å². The van der Waals surface area contributed by atoms with E-state index in [0.29, 0.717) is 34.5 Å². The van der Waals surface area contributed by atoms with Gasteiger partial charge in [0.1, 0.15) is 5.75 Å². The number of oxazole rings is 1. The SMILES string of the molecule is COc1ccc(CCN2CCN(C(=O)CCc3ncc(-c4ccc(Cl)cc4Cl)o3)CC2)cc1. The molecule has 0 radical (unpaired) electrons. The van der Waals surface area contributed by atoms with Crippen molar-refractivity contribution in [1.82, 2.24) is 14.8 Å². The van der Waals surface area contributed by atoms with Gasteiger partial charge in [0.2, 0.25) is 5.91 Å². The fraction of sp³-hybridized carbons (Fsp3) is 0.360. The molecule has 0 atom stereocenters. The van der Waals surface area contributed by atoms with Crippen molar-refractivity contribution in [2.75, 3.05) is 39.8 Å². The molecule has 2 aromatic carbocycles. The van der Waals surface area contributed by atoms with E-state index in [4.69, 9.17) is 32.4 Å². The zero-order valence-corrected chi connectivity index (χ0v) is 20.1. The van der Waals surface area contributed by atoms with Crippen LogP contribution in [0.2, 0.25) is 10.0 Å². The zero-order valence-electron chi connectivity index (χ0n) is 18.6. The van der Waals surface area contributed by atoms with E-state index in [9.17, 15) is 4.79 Å². The van der Waals surface area contributed by atoms with Crippen molar-refractivity contribution in [1.29, 1.82) is 0 Å². The van der Waals surface area contributed by atoms with Crippen LogP contribution >= 0.6 is 23.2 Å². The summed E-state index contributed by atoms with van der Waals surface area (Å²) in [7, 11) is 1.68. The Labute approximate surface area is 204 Å². The van der Waals surface area contributed by atoms with Crippen molar-refractivity contribution in [2.45, 2.75) is 19.3 Å². The van der Waals surface area contributed by atoms with E-state index in [2.05, 4.69) is 22.0 Å². The molecular weight excluding hydrogens is 461 g/mol. The number of nitrogens with zero attached hydrogens (tertiary/aromatic N) is 3. The van der Waals surface area contributed by atoms with Crippen molar-refractivity contribution < 1.29 is 13.9 Å². The van der Waals surface area contributed by atoms with Gasteiger partial charge in [-0.1, -0.05) is 35.3 Å². The van der Waals surface area contributed by atoms with Crippen molar-refractivity contribution in [3.63, 3.8) is 0 Å². The first-order valence-corrected chi connectivity index (χ1v) is 11.8. The van der Waals surface area contributed by atoms with E-state index in [-0.39, 0.29) is 5.91 Å². The molecule has 0 aliphatic carbocycles. The van der Waals surface area contributed by atoms with Crippen molar-refractivity contribution >= 4 is 29.1 Å². The highest BCUT2D eigenvalue weighted by atomic mass is 35.5. The summed E-state index contributed by atoms with van der Waals surface area (Å²) in [4.78, 5) is 21.3. The molecule has 0 spiro atoms. The molecule has 1 amide bonds. The lowest BCUT2D eigenvalue weighted by molar-refractivity contribution is -0.133. The largest absolute Gasteiger partial charge is 0.497 e. The number of ether oxygens (including phenoxy) is 1. The van der Waals surface area contributed by atoms with Crippen LogP contribution in [0.5, 0.6) is 5.75 Å². The van der Waals surface area contributed by atoms with E-state index in [1.807, 2.05) is 17.0 Å². The van der Waals surface area contributed by atoms with Gasteiger partial charge >= 0.3 is 0 Å². The van der Waals surface area contributed by atoms with Gasteiger partial charge in [-0.15, -0.1) is 0 Å². The molecule has 0 unspecified atom stereocenters. The Morgan fingerprint density at radius 2 is 1.82 bits per heavy atom. The summed E-state index contributed by atoms with van der Waals surface area (Å²) in [6.45, 7) is 4.26.